The minimum Gasteiger partial charge on any atom is -0.496 e. The van der Waals surface area contributed by atoms with Gasteiger partial charge in [-0.25, -0.2) is 0 Å². The maximum absolute atomic E-state index is 12.8. The third-order valence-electron chi connectivity index (χ3n) is 4.63. The second-order valence-electron chi connectivity index (χ2n) is 6.40. The Kier molecular flexibility index (Phi) is 5.53. The lowest BCUT2D eigenvalue weighted by atomic mass is 10.0. The molecule has 0 unspecified atom stereocenters. The Morgan fingerprint density at radius 1 is 0.966 bits per heavy atom. The van der Waals surface area contributed by atoms with Crippen molar-refractivity contribution in [2.24, 2.45) is 0 Å². The predicted molar refractivity (Wildman–Crippen MR) is 115 cm³/mol. The number of amides is 2. The van der Waals surface area contributed by atoms with Crippen molar-refractivity contribution in [1.29, 1.82) is 0 Å². The second-order valence-corrected chi connectivity index (χ2v) is 7.39. The third kappa shape index (κ3) is 3.98. The number of para-hydroxylation sites is 1. The van der Waals surface area contributed by atoms with E-state index in [-0.39, 0.29) is 24.3 Å². The summed E-state index contributed by atoms with van der Waals surface area (Å²) >= 11 is 0.938. The van der Waals surface area contributed by atoms with Gasteiger partial charge in [0, 0.05) is 5.56 Å². The molecule has 1 heterocycles. The summed E-state index contributed by atoms with van der Waals surface area (Å²) in [5.74, 6) is 1.05. The zero-order chi connectivity index (χ0) is 20.2. The lowest BCUT2D eigenvalue weighted by Crippen LogP contribution is -2.32. The van der Waals surface area contributed by atoms with Crippen LogP contribution in [0.25, 0.3) is 16.8 Å². The van der Waals surface area contributed by atoms with Crippen LogP contribution < -0.4 is 9.47 Å². The fraction of sp³-hybridized carbons (Fsp3) is 0.130. The summed E-state index contributed by atoms with van der Waals surface area (Å²) in [6.45, 7) is 0.441. The van der Waals surface area contributed by atoms with E-state index in [0.29, 0.717) is 16.4 Å². The Labute approximate surface area is 172 Å². The van der Waals surface area contributed by atoms with E-state index in [4.69, 9.17) is 9.47 Å². The van der Waals surface area contributed by atoms with Crippen molar-refractivity contribution in [2.45, 2.75) is 0 Å². The van der Waals surface area contributed by atoms with E-state index in [0.717, 1.165) is 28.1 Å². The monoisotopic (exact) mass is 405 g/mol. The predicted octanol–water partition coefficient (Wildman–Crippen LogP) is 4.96. The number of benzene rings is 3. The standard InChI is InChI=1S/C23H19NO4S/c1-27-20-12-11-16-7-5-6-10-18(16)19(20)15-21-22(25)24(23(26)29-21)13-14-28-17-8-3-2-4-9-17/h2-12,15H,13-14H2,1H3/b21-15-. The first-order valence-electron chi connectivity index (χ1n) is 9.16. The number of fused-ring (bicyclic) bond motifs is 1. The molecule has 29 heavy (non-hydrogen) atoms. The molecule has 0 N–H and O–H groups in total. The van der Waals surface area contributed by atoms with Crippen molar-refractivity contribution >= 4 is 39.8 Å². The fourth-order valence-corrected chi connectivity index (χ4v) is 4.04. The number of thioether (sulfide) groups is 1. The lowest BCUT2D eigenvalue weighted by molar-refractivity contribution is -0.123. The molecule has 0 atom stereocenters. The van der Waals surface area contributed by atoms with Gasteiger partial charge in [0.25, 0.3) is 11.1 Å². The molecule has 0 radical (unpaired) electrons. The number of ether oxygens (including phenoxy) is 2. The minimum atomic E-state index is -0.313. The highest BCUT2D eigenvalue weighted by Crippen LogP contribution is 2.36. The summed E-state index contributed by atoms with van der Waals surface area (Å²) in [6, 6.07) is 21.0. The first-order chi connectivity index (χ1) is 14.2. The van der Waals surface area contributed by atoms with Gasteiger partial charge in [0.05, 0.1) is 18.6 Å². The van der Waals surface area contributed by atoms with E-state index in [2.05, 4.69) is 0 Å². The van der Waals surface area contributed by atoms with Crippen molar-refractivity contribution in [1.82, 2.24) is 4.90 Å². The van der Waals surface area contributed by atoms with Crippen LogP contribution in [-0.4, -0.2) is 36.3 Å². The summed E-state index contributed by atoms with van der Waals surface area (Å²) in [4.78, 5) is 26.8. The highest BCUT2D eigenvalue weighted by Gasteiger charge is 2.35. The van der Waals surface area contributed by atoms with Crippen molar-refractivity contribution in [3.05, 3.63) is 77.2 Å². The van der Waals surface area contributed by atoms with Gasteiger partial charge in [0.1, 0.15) is 18.1 Å². The first-order valence-corrected chi connectivity index (χ1v) is 9.98. The van der Waals surface area contributed by atoms with E-state index in [1.807, 2.05) is 66.7 Å². The Bertz CT molecular complexity index is 1090. The van der Waals surface area contributed by atoms with Gasteiger partial charge in [-0.05, 0) is 46.8 Å². The third-order valence-corrected chi connectivity index (χ3v) is 5.53. The van der Waals surface area contributed by atoms with E-state index in [1.165, 1.54) is 4.90 Å². The van der Waals surface area contributed by atoms with Crippen LogP contribution in [0, 0.1) is 0 Å². The molecule has 1 aliphatic heterocycles. The Morgan fingerprint density at radius 3 is 2.52 bits per heavy atom. The minimum absolute atomic E-state index is 0.198. The van der Waals surface area contributed by atoms with Gasteiger partial charge < -0.3 is 9.47 Å². The number of imide groups is 1. The maximum Gasteiger partial charge on any atom is 0.293 e. The van der Waals surface area contributed by atoms with Crippen LogP contribution in [0.15, 0.2) is 71.6 Å². The van der Waals surface area contributed by atoms with E-state index < -0.39 is 0 Å². The molecule has 4 rings (SSSR count). The van der Waals surface area contributed by atoms with Gasteiger partial charge in [0.15, 0.2) is 0 Å². The number of carbonyl (C=O) groups is 2. The molecular weight excluding hydrogens is 386 g/mol. The molecule has 0 saturated carbocycles. The molecule has 0 bridgehead atoms. The van der Waals surface area contributed by atoms with Crippen LogP contribution in [-0.2, 0) is 4.79 Å². The van der Waals surface area contributed by atoms with Crippen molar-refractivity contribution in [3.63, 3.8) is 0 Å². The number of rotatable bonds is 6. The smallest absolute Gasteiger partial charge is 0.293 e. The van der Waals surface area contributed by atoms with Crippen LogP contribution in [0.1, 0.15) is 5.56 Å². The van der Waals surface area contributed by atoms with Gasteiger partial charge in [-0.3, -0.25) is 14.5 Å². The number of hydrogen-bond donors (Lipinski definition) is 0. The molecule has 1 aliphatic rings. The largest absolute Gasteiger partial charge is 0.496 e. The van der Waals surface area contributed by atoms with E-state index in [1.54, 1.807) is 13.2 Å². The summed E-state index contributed by atoms with van der Waals surface area (Å²) in [6.07, 6.45) is 1.74. The highest BCUT2D eigenvalue weighted by molar-refractivity contribution is 8.18. The SMILES string of the molecule is COc1ccc2ccccc2c1/C=C1\SC(=O)N(CCOc2ccccc2)C1=O. The summed E-state index contributed by atoms with van der Waals surface area (Å²) < 4.78 is 11.1. The van der Waals surface area contributed by atoms with Gasteiger partial charge in [-0.15, -0.1) is 0 Å². The lowest BCUT2D eigenvalue weighted by Gasteiger charge is -2.13. The van der Waals surface area contributed by atoms with E-state index in [9.17, 15) is 9.59 Å². The molecule has 0 aliphatic carbocycles. The average molecular weight is 405 g/mol. The Balaban J connectivity index is 1.56. The first kappa shape index (κ1) is 19.1. The Morgan fingerprint density at radius 2 is 1.72 bits per heavy atom. The quantitative estimate of drug-likeness (QED) is 0.543. The summed E-state index contributed by atoms with van der Waals surface area (Å²) in [7, 11) is 1.59. The van der Waals surface area contributed by atoms with E-state index >= 15 is 0 Å². The second kappa shape index (κ2) is 8.41. The van der Waals surface area contributed by atoms with Crippen molar-refractivity contribution < 1.29 is 19.1 Å². The molecule has 1 saturated heterocycles. The molecule has 2 amide bonds. The molecule has 146 valence electrons. The number of carbonyl (C=O) groups excluding carboxylic acids is 2. The van der Waals surface area contributed by atoms with Crippen molar-refractivity contribution in [2.75, 3.05) is 20.3 Å². The van der Waals surface area contributed by atoms with Gasteiger partial charge in [-0.1, -0.05) is 48.5 Å². The molecule has 3 aromatic rings. The molecule has 6 heteroatoms. The zero-order valence-electron chi connectivity index (χ0n) is 15.8. The Hall–Kier alpha value is -3.25. The summed E-state index contributed by atoms with van der Waals surface area (Å²) in [5, 5.41) is 1.71. The zero-order valence-corrected chi connectivity index (χ0v) is 16.6. The molecule has 0 spiro atoms. The van der Waals surface area contributed by atoms with Crippen LogP contribution in [0.5, 0.6) is 11.5 Å². The molecule has 3 aromatic carbocycles. The van der Waals surface area contributed by atoms with Crippen LogP contribution in [0.3, 0.4) is 0 Å². The van der Waals surface area contributed by atoms with Crippen LogP contribution in [0.2, 0.25) is 0 Å². The van der Waals surface area contributed by atoms with Gasteiger partial charge in [-0.2, -0.15) is 0 Å². The number of methoxy groups -OCH3 is 1. The van der Waals surface area contributed by atoms with Crippen LogP contribution in [0.4, 0.5) is 4.79 Å². The normalized spacial score (nSPS) is 15.3. The van der Waals surface area contributed by atoms with Crippen molar-refractivity contribution in [3.8, 4) is 11.5 Å². The fourth-order valence-electron chi connectivity index (χ4n) is 3.20. The average Bonchev–Trinajstić information content (AvgIpc) is 3.02. The highest BCUT2D eigenvalue weighted by atomic mass is 32.2. The summed E-state index contributed by atoms with van der Waals surface area (Å²) in [5.41, 5.74) is 0.789. The number of hydrogen-bond acceptors (Lipinski definition) is 5. The van der Waals surface area contributed by atoms with Crippen LogP contribution >= 0.6 is 11.8 Å². The van der Waals surface area contributed by atoms with Gasteiger partial charge >= 0.3 is 0 Å². The number of nitrogens with zero attached hydrogens (tertiary/aromatic N) is 1. The maximum atomic E-state index is 12.8. The molecular formula is C23H19NO4S. The molecule has 0 aromatic heterocycles. The molecule has 1 fully saturated rings. The van der Waals surface area contributed by atoms with Gasteiger partial charge in [0.2, 0.25) is 0 Å². The topological polar surface area (TPSA) is 55.8 Å². The molecule has 5 nitrogen and oxygen atoms in total.